The van der Waals surface area contributed by atoms with Crippen LogP contribution >= 0.6 is 0 Å². The highest BCUT2D eigenvalue weighted by molar-refractivity contribution is 5.92. The van der Waals surface area contributed by atoms with E-state index in [1.54, 1.807) is 12.1 Å². The molecule has 1 saturated carbocycles. The zero-order valence-corrected chi connectivity index (χ0v) is 16.4. The molecular formula is C22H21F6NO2. The molecule has 0 atom stereocenters. The molecule has 2 aromatic rings. The second-order valence-corrected chi connectivity index (χ2v) is 7.54. The van der Waals surface area contributed by atoms with Crippen molar-refractivity contribution in [2.75, 3.05) is 11.9 Å². The lowest BCUT2D eigenvalue weighted by Gasteiger charge is -2.22. The maximum atomic E-state index is 12.9. The van der Waals surface area contributed by atoms with E-state index in [2.05, 4.69) is 0 Å². The Hall–Kier alpha value is -2.71. The number of benzene rings is 2. The van der Waals surface area contributed by atoms with Crippen LogP contribution in [0.5, 0.6) is 5.75 Å². The first-order valence-corrected chi connectivity index (χ1v) is 9.84. The van der Waals surface area contributed by atoms with Crippen molar-refractivity contribution in [3.8, 4) is 5.75 Å². The minimum Gasteiger partial charge on any atom is -0.484 e. The van der Waals surface area contributed by atoms with Gasteiger partial charge in [0.2, 0.25) is 0 Å². The summed E-state index contributed by atoms with van der Waals surface area (Å²) in [6.07, 6.45) is -4.11. The van der Waals surface area contributed by atoms with Crippen molar-refractivity contribution in [2.45, 2.75) is 50.4 Å². The van der Waals surface area contributed by atoms with Gasteiger partial charge in [-0.25, -0.2) is 0 Å². The van der Waals surface area contributed by atoms with Gasteiger partial charge in [0.05, 0.1) is 11.1 Å². The molecule has 3 rings (SSSR count). The first-order valence-electron chi connectivity index (χ1n) is 9.84. The Balaban J connectivity index is 1.62. The summed E-state index contributed by atoms with van der Waals surface area (Å²) in [4.78, 5) is 12.0. The van der Waals surface area contributed by atoms with Gasteiger partial charge < -0.3 is 10.1 Å². The number of hydrogen-bond acceptors (Lipinski definition) is 2. The van der Waals surface area contributed by atoms with Gasteiger partial charge in [-0.3, -0.25) is 4.79 Å². The van der Waals surface area contributed by atoms with Crippen molar-refractivity contribution in [1.82, 2.24) is 0 Å². The second-order valence-electron chi connectivity index (χ2n) is 7.54. The van der Waals surface area contributed by atoms with Crippen molar-refractivity contribution in [1.29, 1.82) is 0 Å². The molecule has 3 nitrogen and oxygen atoms in total. The lowest BCUT2D eigenvalue weighted by molar-refractivity contribution is -0.143. The highest BCUT2D eigenvalue weighted by Crippen LogP contribution is 2.37. The van der Waals surface area contributed by atoms with Gasteiger partial charge in [-0.05, 0) is 54.7 Å². The summed E-state index contributed by atoms with van der Waals surface area (Å²) in [7, 11) is 0. The number of hydrogen-bond donors (Lipinski definition) is 1. The topological polar surface area (TPSA) is 38.3 Å². The average molecular weight is 445 g/mol. The largest absolute Gasteiger partial charge is 0.484 e. The van der Waals surface area contributed by atoms with Gasteiger partial charge in [0.15, 0.2) is 6.61 Å². The standard InChI is InChI=1S/C22H21F6NO2/c23-21(24,25)16-10-17(22(26,27)28)12-18(11-16)29-20(30)13-31-19-8-6-15(7-9-19)14-4-2-1-3-5-14/h6-12,14H,1-5,13H2,(H,29,30). The molecule has 0 aliphatic heterocycles. The molecule has 0 bridgehead atoms. The Morgan fingerprint density at radius 1 is 0.871 bits per heavy atom. The van der Waals surface area contributed by atoms with Crippen molar-refractivity contribution >= 4 is 11.6 Å². The molecule has 1 fully saturated rings. The smallest absolute Gasteiger partial charge is 0.416 e. The van der Waals surface area contributed by atoms with Crippen LogP contribution in [0.15, 0.2) is 42.5 Å². The van der Waals surface area contributed by atoms with E-state index >= 15 is 0 Å². The van der Waals surface area contributed by atoms with E-state index in [1.807, 2.05) is 17.4 Å². The van der Waals surface area contributed by atoms with Crippen LogP contribution < -0.4 is 10.1 Å². The van der Waals surface area contributed by atoms with Crippen molar-refractivity contribution < 1.29 is 35.9 Å². The molecule has 0 saturated heterocycles. The Morgan fingerprint density at radius 3 is 1.94 bits per heavy atom. The first kappa shape index (κ1) is 23.0. The van der Waals surface area contributed by atoms with Crippen molar-refractivity contribution in [3.05, 3.63) is 59.2 Å². The van der Waals surface area contributed by atoms with Crippen LogP contribution in [0.4, 0.5) is 32.0 Å². The molecule has 0 radical (unpaired) electrons. The van der Waals surface area contributed by atoms with Crippen LogP contribution in [0.3, 0.4) is 0 Å². The average Bonchev–Trinajstić information content (AvgIpc) is 2.72. The molecule has 0 spiro atoms. The lowest BCUT2D eigenvalue weighted by Crippen LogP contribution is -2.21. The zero-order valence-electron chi connectivity index (χ0n) is 16.4. The van der Waals surface area contributed by atoms with E-state index in [9.17, 15) is 31.1 Å². The van der Waals surface area contributed by atoms with Crippen LogP contribution in [-0.4, -0.2) is 12.5 Å². The number of alkyl halides is 6. The molecule has 0 unspecified atom stereocenters. The predicted octanol–water partition coefficient (Wildman–Crippen LogP) is 6.79. The summed E-state index contributed by atoms with van der Waals surface area (Å²) < 4.78 is 82.8. The molecule has 0 aromatic heterocycles. The Labute approximate surface area is 175 Å². The molecule has 1 aliphatic carbocycles. The molecule has 168 valence electrons. The van der Waals surface area contributed by atoms with Crippen LogP contribution in [0.1, 0.15) is 54.7 Å². The monoisotopic (exact) mass is 445 g/mol. The minimum absolute atomic E-state index is 0.0000261. The Bertz CT molecular complexity index is 867. The fourth-order valence-electron chi connectivity index (χ4n) is 3.65. The van der Waals surface area contributed by atoms with E-state index in [4.69, 9.17) is 4.74 Å². The number of rotatable bonds is 5. The summed E-state index contributed by atoms with van der Waals surface area (Å²) in [6, 6.07) is 8.11. The summed E-state index contributed by atoms with van der Waals surface area (Å²) >= 11 is 0. The number of carbonyl (C=O) groups excluding carboxylic acids is 1. The molecule has 31 heavy (non-hydrogen) atoms. The third-order valence-corrected chi connectivity index (χ3v) is 5.20. The maximum Gasteiger partial charge on any atom is 0.416 e. The van der Waals surface area contributed by atoms with Crippen LogP contribution in [-0.2, 0) is 17.1 Å². The van der Waals surface area contributed by atoms with E-state index < -0.39 is 41.7 Å². The molecule has 1 aliphatic rings. The number of amides is 1. The maximum absolute atomic E-state index is 12.9. The van der Waals surface area contributed by atoms with Gasteiger partial charge in [-0.15, -0.1) is 0 Å². The molecule has 0 heterocycles. The van der Waals surface area contributed by atoms with Gasteiger partial charge in [0.25, 0.3) is 5.91 Å². The Kier molecular flexibility index (Phi) is 6.81. The van der Waals surface area contributed by atoms with Crippen LogP contribution in [0.2, 0.25) is 0 Å². The number of halogens is 6. The lowest BCUT2D eigenvalue weighted by atomic mass is 9.84. The predicted molar refractivity (Wildman–Crippen MR) is 103 cm³/mol. The van der Waals surface area contributed by atoms with Gasteiger partial charge in [0, 0.05) is 5.69 Å². The fraction of sp³-hybridized carbons (Fsp3) is 0.409. The van der Waals surface area contributed by atoms with Crippen molar-refractivity contribution in [2.24, 2.45) is 0 Å². The number of nitrogens with one attached hydrogen (secondary N) is 1. The van der Waals surface area contributed by atoms with E-state index in [1.165, 1.54) is 24.8 Å². The molecule has 2 aromatic carbocycles. The van der Waals surface area contributed by atoms with E-state index in [0.29, 0.717) is 23.8 Å². The van der Waals surface area contributed by atoms with Gasteiger partial charge >= 0.3 is 12.4 Å². The summed E-state index contributed by atoms with van der Waals surface area (Å²) in [5.41, 5.74) is -2.43. The van der Waals surface area contributed by atoms with Crippen molar-refractivity contribution in [3.63, 3.8) is 0 Å². The molecule has 1 amide bonds. The normalized spacial score (nSPS) is 15.5. The first-order chi connectivity index (χ1) is 14.5. The molecular weight excluding hydrogens is 424 g/mol. The van der Waals surface area contributed by atoms with E-state index in [0.717, 1.165) is 12.8 Å². The third kappa shape index (κ3) is 6.38. The number of ether oxygens (including phenoxy) is 1. The fourth-order valence-corrected chi connectivity index (χ4v) is 3.65. The minimum atomic E-state index is -4.99. The zero-order chi connectivity index (χ0) is 22.6. The van der Waals surface area contributed by atoms with Gasteiger partial charge in [-0.1, -0.05) is 31.4 Å². The number of carbonyl (C=O) groups is 1. The third-order valence-electron chi connectivity index (χ3n) is 5.20. The quantitative estimate of drug-likeness (QED) is 0.515. The van der Waals surface area contributed by atoms with E-state index in [-0.39, 0.29) is 6.07 Å². The number of anilines is 1. The van der Waals surface area contributed by atoms with Gasteiger partial charge in [0.1, 0.15) is 5.75 Å². The summed E-state index contributed by atoms with van der Waals surface area (Å²) in [5, 5.41) is 2.04. The SMILES string of the molecule is O=C(COc1ccc(C2CCCCC2)cc1)Nc1cc(C(F)(F)F)cc(C(F)(F)F)c1. The Morgan fingerprint density at radius 2 is 1.42 bits per heavy atom. The molecule has 9 heteroatoms. The highest BCUT2D eigenvalue weighted by Gasteiger charge is 2.37. The van der Waals surface area contributed by atoms with Crippen LogP contribution in [0, 0.1) is 0 Å². The van der Waals surface area contributed by atoms with Gasteiger partial charge in [-0.2, -0.15) is 26.3 Å². The summed E-state index contributed by atoms with van der Waals surface area (Å²) in [5.74, 6) is 0.00775. The van der Waals surface area contributed by atoms with Crippen LogP contribution in [0.25, 0.3) is 0 Å². The summed E-state index contributed by atoms with van der Waals surface area (Å²) in [6.45, 7) is -0.555. The second kappa shape index (κ2) is 9.20. The highest BCUT2D eigenvalue weighted by atomic mass is 19.4. The molecule has 1 N–H and O–H groups in total.